The van der Waals surface area contributed by atoms with Crippen LogP contribution in [0.2, 0.25) is 5.02 Å². The summed E-state index contributed by atoms with van der Waals surface area (Å²) in [5, 5.41) is 25.3. The third-order valence-electron chi connectivity index (χ3n) is 6.78. The molecule has 0 saturated carbocycles. The first kappa shape index (κ1) is 31.3. The number of carbonyl (C=O) groups excluding carboxylic acids is 1. The molecule has 1 aliphatic rings. The van der Waals surface area contributed by atoms with Gasteiger partial charge >= 0.3 is 6.18 Å². The number of fused-ring (bicyclic) bond motifs is 1. The van der Waals surface area contributed by atoms with Crippen molar-refractivity contribution in [3.8, 4) is 11.3 Å². The summed E-state index contributed by atoms with van der Waals surface area (Å²) in [6, 6.07) is 8.35. The van der Waals surface area contributed by atoms with E-state index in [2.05, 4.69) is 35.9 Å². The summed E-state index contributed by atoms with van der Waals surface area (Å²) in [7, 11) is 0. The Labute approximate surface area is 258 Å². The normalized spacial score (nSPS) is 13.3. The van der Waals surface area contributed by atoms with Crippen molar-refractivity contribution >= 4 is 41.1 Å². The molecule has 45 heavy (non-hydrogen) atoms. The molecule has 1 fully saturated rings. The van der Waals surface area contributed by atoms with E-state index in [1.54, 1.807) is 42.2 Å². The number of nitrogens with one attached hydrogen (secondary N) is 2. The zero-order valence-corrected chi connectivity index (χ0v) is 24.4. The number of carbonyl (C=O) groups is 2. The van der Waals surface area contributed by atoms with Gasteiger partial charge in [-0.1, -0.05) is 11.6 Å². The van der Waals surface area contributed by atoms with Gasteiger partial charge in [-0.15, -0.1) is 0 Å². The van der Waals surface area contributed by atoms with Crippen molar-refractivity contribution in [2.24, 2.45) is 0 Å². The highest BCUT2D eigenvalue weighted by molar-refractivity contribution is 6.34. The molecule has 3 N–H and O–H groups in total. The average molecular weight is 643 g/mol. The molecule has 234 valence electrons. The fourth-order valence-electron chi connectivity index (χ4n) is 4.72. The fraction of sp³-hybridized carbons (Fsp3) is 0.250. The number of nitrogens with zero attached hydrogens (tertiary/aromatic N) is 8. The highest BCUT2D eigenvalue weighted by Crippen LogP contribution is 2.37. The minimum Gasteiger partial charge on any atom is -0.483 e. The van der Waals surface area contributed by atoms with Crippen LogP contribution in [0, 0.1) is 6.92 Å². The molecule has 5 aromatic rings. The molecule has 6 rings (SSSR count). The van der Waals surface area contributed by atoms with Crippen LogP contribution in [0.15, 0.2) is 55.1 Å². The van der Waals surface area contributed by atoms with Gasteiger partial charge in [0, 0.05) is 50.5 Å². The average Bonchev–Trinajstić information content (AvgIpc) is 3.64. The van der Waals surface area contributed by atoms with Crippen molar-refractivity contribution < 1.29 is 27.9 Å². The molecule has 17 heteroatoms. The molecule has 1 aromatic carbocycles. The molecule has 4 aromatic heterocycles. The number of rotatable bonds is 6. The molecular formula is C28H26ClF3N10O3. The van der Waals surface area contributed by atoms with Gasteiger partial charge in [0.1, 0.15) is 0 Å². The van der Waals surface area contributed by atoms with E-state index in [4.69, 9.17) is 21.5 Å². The fourth-order valence-corrected chi connectivity index (χ4v) is 4.99. The lowest BCUT2D eigenvalue weighted by Gasteiger charge is -2.27. The third kappa shape index (κ3) is 7.02. The van der Waals surface area contributed by atoms with Gasteiger partial charge in [-0.05, 0) is 37.3 Å². The predicted octanol–water partition coefficient (Wildman–Crippen LogP) is 3.90. The smallest absolute Gasteiger partial charge is 0.435 e. The lowest BCUT2D eigenvalue weighted by molar-refractivity contribution is -0.141. The summed E-state index contributed by atoms with van der Waals surface area (Å²) < 4.78 is 44.9. The van der Waals surface area contributed by atoms with Crippen LogP contribution < -0.4 is 10.6 Å². The zero-order valence-electron chi connectivity index (χ0n) is 23.7. The number of aromatic nitrogens is 7. The molecule has 1 aliphatic heterocycles. The van der Waals surface area contributed by atoms with Gasteiger partial charge in [0.15, 0.2) is 17.2 Å². The molecule has 0 atom stereocenters. The van der Waals surface area contributed by atoms with E-state index in [1.807, 2.05) is 0 Å². The summed E-state index contributed by atoms with van der Waals surface area (Å²) in [6.45, 7) is 4.16. The van der Waals surface area contributed by atoms with Gasteiger partial charge in [-0.3, -0.25) is 18.7 Å². The van der Waals surface area contributed by atoms with Crippen LogP contribution in [-0.4, -0.2) is 82.9 Å². The van der Waals surface area contributed by atoms with E-state index in [0.29, 0.717) is 35.7 Å². The Hall–Kier alpha value is -5.09. The quantitative estimate of drug-likeness (QED) is 0.232. The molecule has 13 nitrogen and oxygen atoms in total. The Kier molecular flexibility index (Phi) is 9.24. The summed E-state index contributed by atoms with van der Waals surface area (Å²) in [5.41, 5.74) is 1.35. The Morgan fingerprint density at radius 2 is 1.91 bits per heavy atom. The molecule has 5 heterocycles. The first-order valence-electron chi connectivity index (χ1n) is 13.5. The van der Waals surface area contributed by atoms with Gasteiger partial charge in [0.2, 0.25) is 0 Å². The summed E-state index contributed by atoms with van der Waals surface area (Å²) in [5.74, 6) is 0.137. The molecule has 0 radical (unpaired) electrons. The number of halogens is 4. The van der Waals surface area contributed by atoms with Crippen molar-refractivity contribution in [1.29, 1.82) is 0 Å². The van der Waals surface area contributed by atoms with Gasteiger partial charge in [0.05, 0.1) is 46.0 Å². The molecule has 0 unspecified atom stereocenters. The van der Waals surface area contributed by atoms with Crippen LogP contribution in [-0.2, 0) is 17.5 Å². The molecular weight excluding hydrogens is 617 g/mol. The van der Waals surface area contributed by atoms with Crippen molar-refractivity contribution in [3.63, 3.8) is 0 Å². The Morgan fingerprint density at radius 3 is 2.58 bits per heavy atom. The SMILES string of the molecule is Cc1ccc(Cn2cc(-c3cnc4c(Nc5ccc(C(=O)N6CCNCC6)c(Cl)c5)nccn34)c(C(F)(F)F)n2)nn1.O=CO. The van der Waals surface area contributed by atoms with E-state index >= 15 is 0 Å². The van der Waals surface area contributed by atoms with Gasteiger partial charge in [0.25, 0.3) is 12.4 Å². The number of imidazole rings is 1. The number of carboxylic acid groups (broad SMARTS) is 1. The summed E-state index contributed by atoms with van der Waals surface area (Å²) in [4.78, 5) is 31.7. The summed E-state index contributed by atoms with van der Waals surface area (Å²) >= 11 is 6.47. The second-order valence-electron chi connectivity index (χ2n) is 9.83. The Morgan fingerprint density at radius 1 is 1.16 bits per heavy atom. The van der Waals surface area contributed by atoms with E-state index < -0.39 is 11.9 Å². The first-order chi connectivity index (χ1) is 21.6. The maximum absolute atomic E-state index is 14.1. The zero-order chi connectivity index (χ0) is 32.1. The van der Waals surface area contributed by atoms with Gasteiger partial charge in [-0.2, -0.15) is 28.5 Å². The van der Waals surface area contributed by atoms with Gasteiger partial charge < -0.3 is 20.6 Å². The molecule has 0 bridgehead atoms. The van der Waals surface area contributed by atoms with Crippen molar-refractivity contribution in [2.45, 2.75) is 19.6 Å². The number of amides is 1. The predicted molar refractivity (Wildman–Crippen MR) is 157 cm³/mol. The van der Waals surface area contributed by atoms with E-state index in [1.165, 1.54) is 33.9 Å². The van der Waals surface area contributed by atoms with Crippen molar-refractivity contribution in [1.82, 2.24) is 44.6 Å². The van der Waals surface area contributed by atoms with Crippen LogP contribution in [0.1, 0.15) is 27.4 Å². The Balaban J connectivity index is 0.00000128. The van der Waals surface area contributed by atoms with Gasteiger partial charge in [-0.25, -0.2) is 9.97 Å². The minimum absolute atomic E-state index is 0.00929. The number of alkyl halides is 3. The van der Waals surface area contributed by atoms with E-state index in [0.717, 1.165) is 13.1 Å². The maximum Gasteiger partial charge on any atom is 0.435 e. The molecule has 0 aliphatic carbocycles. The first-order valence-corrected chi connectivity index (χ1v) is 13.9. The topological polar surface area (TPSA) is 155 Å². The highest BCUT2D eigenvalue weighted by Gasteiger charge is 2.38. The number of hydrogen-bond donors (Lipinski definition) is 3. The van der Waals surface area contributed by atoms with Crippen LogP contribution in [0.5, 0.6) is 0 Å². The lowest BCUT2D eigenvalue weighted by atomic mass is 10.1. The second kappa shape index (κ2) is 13.3. The maximum atomic E-state index is 14.1. The van der Waals surface area contributed by atoms with Crippen LogP contribution in [0.4, 0.5) is 24.7 Å². The number of aryl methyl sites for hydroxylation is 1. The standard InChI is InChI=1S/C27H24ClF3N10O.CH2O2/c1-16-2-3-18(37-36-16)14-40-15-20(23(38-40)27(29,30)31)22-13-34-25-24(33-8-11-41(22)25)35-17-4-5-19(21(28)12-17)26(42)39-9-6-32-7-10-39;2-1-3/h2-5,8,11-13,15,32H,6-7,9-10,14H2,1H3,(H,33,35);1H,(H,2,3). The third-order valence-corrected chi connectivity index (χ3v) is 7.09. The van der Waals surface area contributed by atoms with Crippen LogP contribution in [0.3, 0.4) is 0 Å². The Bertz CT molecular complexity index is 1820. The van der Waals surface area contributed by atoms with Crippen molar-refractivity contribution in [2.75, 3.05) is 31.5 Å². The molecule has 1 saturated heterocycles. The number of benzene rings is 1. The molecule has 1 amide bonds. The minimum atomic E-state index is -4.71. The van der Waals surface area contributed by atoms with Crippen LogP contribution in [0.25, 0.3) is 16.9 Å². The number of anilines is 2. The lowest BCUT2D eigenvalue weighted by Crippen LogP contribution is -2.46. The largest absolute Gasteiger partial charge is 0.483 e. The summed E-state index contributed by atoms with van der Waals surface area (Å²) in [6.07, 6.45) is 0.915. The van der Waals surface area contributed by atoms with E-state index in [9.17, 15) is 18.0 Å². The van der Waals surface area contributed by atoms with Crippen molar-refractivity contribution in [3.05, 3.63) is 82.8 Å². The second-order valence-corrected chi connectivity index (χ2v) is 10.2. The molecule has 0 spiro atoms. The van der Waals surface area contributed by atoms with Crippen LogP contribution >= 0.6 is 11.6 Å². The number of hydrogen-bond acceptors (Lipinski definition) is 9. The monoisotopic (exact) mass is 642 g/mol. The highest BCUT2D eigenvalue weighted by atomic mass is 35.5. The number of piperazine rings is 1. The van der Waals surface area contributed by atoms with E-state index in [-0.39, 0.29) is 46.7 Å².